The van der Waals surface area contributed by atoms with E-state index in [0.717, 1.165) is 21.5 Å². The molecule has 0 radical (unpaired) electrons. The number of nitrogens with zero attached hydrogens (tertiary/aromatic N) is 2. The third kappa shape index (κ3) is 2.72. The van der Waals surface area contributed by atoms with Gasteiger partial charge < -0.3 is 10.3 Å². The van der Waals surface area contributed by atoms with Crippen LogP contribution in [0.4, 0.5) is 0 Å². The van der Waals surface area contributed by atoms with Crippen LogP contribution in [0.2, 0.25) is 0 Å². The van der Waals surface area contributed by atoms with Crippen molar-refractivity contribution in [1.29, 1.82) is 0 Å². The molecule has 1 saturated carbocycles. The lowest BCUT2D eigenvalue weighted by Gasteiger charge is -2.05. The van der Waals surface area contributed by atoms with Gasteiger partial charge >= 0.3 is 0 Å². The Labute approximate surface area is 125 Å². The predicted molar refractivity (Wildman–Crippen MR) is 83.3 cm³/mol. The molecule has 5 nitrogen and oxygen atoms in total. The summed E-state index contributed by atoms with van der Waals surface area (Å²) < 4.78 is 1.09. The fourth-order valence-electron chi connectivity index (χ4n) is 2.25. The van der Waals surface area contributed by atoms with Crippen molar-refractivity contribution in [2.45, 2.75) is 25.4 Å². The summed E-state index contributed by atoms with van der Waals surface area (Å²) in [6, 6.07) is 6.15. The van der Waals surface area contributed by atoms with Crippen LogP contribution in [-0.2, 0) is 6.54 Å². The number of pyridine rings is 1. The fraction of sp³-hybridized carbons (Fsp3) is 0.267. The Hall–Kier alpha value is -2.05. The lowest BCUT2D eigenvalue weighted by atomic mass is 10.2. The number of thiophene rings is 1. The van der Waals surface area contributed by atoms with Crippen LogP contribution >= 0.6 is 11.3 Å². The number of fused-ring (bicyclic) bond motifs is 1. The van der Waals surface area contributed by atoms with E-state index in [1.807, 2.05) is 17.5 Å². The summed E-state index contributed by atoms with van der Waals surface area (Å²) in [5, 5.41) is 5.38. The van der Waals surface area contributed by atoms with Gasteiger partial charge in [-0.05, 0) is 30.4 Å². The first-order chi connectivity index (χ1) is 10.3. The monoisotopic (exact) mass is 298 g/mol. The predicted octanol–water partition coefficient (Wildman–Crippen LogP) is 2.30. The maximum absolute atomic E-state index is 11.8. The molecular formula is C15H14N4OS. The number of hydrogen-bond acceptors (Lipinski definition) is 5. The number of hydrogen-bond donors (Lipinski definition) is 2. The molecule has 0 unspecified atom stereocenters. The Morgan fingerprint density at radius 3 is 3.14 bits per heavy atom. The molecule has 1 aliphatic carbocycles. The molecule has 0 spiro atoms. The molecule has 0 atom stereocenters. The van der Waals surface area contributed by atoms with E-state index in [1.54, 1.807) is 23.6 Å². The summed E-state index contributed by atoms with van der Waals surface area (Å²) in [6.07, 6.45) is 4.19. The molecule has 6 heteroatoms. The molecule has 0 amide bonds. The van der Waals surface area contributed by atoms with Gasteiger partial charge in [0.15, 0.2) is 0 Å². The molecule has 0 bridgehead atoms. The molecule has 4 rings (SSSR count). The molecule has 21 heavy (non-hydrogen) atoms. The first-order valence-corrected chi connectivity index (χ1v) is 7.83. The second kappa shape index (κ2) is 5.05. The molecule has 1 fully saturated rings. The van der Waals surface area contributed by atoms with Gasteiger partial charge in [0, 0.05) is 30.4 Å². The lowest BCUT2D eigenvalue weighted by Crippen LogP contribution is -2.19. The Bertz CT molecular complexity index is 850. The average molecular weight is 298 g/mol. The van der Waals surface area contributed by atoms with Gasteiger partial charge in [-0.1, -0.05) is 0 Å². The zero-order valence-corrected chi connectivity index (χ0v) is 12.1. The Balaban J connectivity index is 1.70. The maximum atomic E-state index is 11.8. The van der Waals surface area contributed by atoms with Crippen molar-refractivity contribution >= 4 is 21.6 Å². The number of nitrogens with one attached hydrogen (secondary N) is 2. The normalized spacial score (nSPS) is 14.7. The van der Waals surface area contributed by atoms with Crippen molar-refractivity contribution in [3.63, 3.8) is 0 Å². The van der Waals surface area contributed by atoms with Crippen LogP contribution in [0.25, 0.3) is 21.6 Å². The molecular weight excluding hydrogens is 284 g/mol. The molecule has 2 N–H and O–H groups in total. The topological polar surface area (TPSA) is 70.7 Å². The van der Waals surface area contributed by atoms with Crippen molar-refractivity contribution in [2.24, 2.45) is 0 Å². The summed E-state index contributed by atoms with van der Waals surface area (Å²) in [6.45, 7) is 0.635. The highest BCUT2D eigenvalue weighted by atomic mass is 32.1. The number of H-pyrrole nitrogens is 1. The SMILES string of the molecule is O=c1cc(CNC2CC2)nc(-c2cnc3ccsc3c2)[nH]1. The van der Waals surface area contributed by atoms with E-state index >= 15 is 0 Å². The van der Waals surface area contributed by atoms with E-state index in [1.165, 1.54) is 12.8 Å². The molecule has 0 aliphatic heterocycles. The van der Waals surface area contributed by atoms with Crippen LogP contribution in [0.1, 0.15) is 18.5 Å². The van der Waals surface area contributed by atoms with Gasteiger partial charge in [0.25, 0.3) is 5.56 Å². The molecule has 0 saturated heterocycles. The van der Waals surface area contributed by atoms with E-state index in [9.17, 15) is 4.79 Å². The maximum Gasteiger partial charge on any atom is 0.251 e. The smallest absolute Gasteiger partial charge is 0.251 e. The van der Waals surface area contributed by atoms with Crippen LogP contribution in [0.15, 0.2) is 34.6 Å². The minimum absolute atomic E-state index is 0.126. The fourth-order valence-corrected chi connectivity index (χ4v) is 3.03. The van der Waals surface area contributed by atoms with E-state index in [0.29, 0.717) is 18.4 Å². The summed E-state index contributed by atoms with van der Waals surface area (Å²) in [4.78, 5) is 23.5. The Morgan fingerprint density at radius 1 is 1.38 bits per heavy atom. The quantitative estimate of drug-likeness (QED) is 0.775. The highest BCUT2D eigenvalue weighted by molar-refractivity contribution is 7.17. The minimum Gasteiger partial charge on any atom is -0.308 e. The Morgan fingerprint density at radius 2 is 2.29 bits per heavy atom. The first-order valence-electron chi connectivity index (χ1n) is 6.95. The van der Waals surface area contributed by atoms with E-state index < -0.39 is 0 Å². The van der Waals surface area contributed by atoms with Crippen LogP contribution in [-0.4, -0.2) is 21.0 Å². The highest BCUT2D eigenvalue weighted by Gasteiger charge is 2.20. The van der Waals surface area contributed by atoms with Crippen molar-refractivity contribution in [2.75, 3.05) is 0 Å². The summed E-state index contributed by atoms with van der Waals surface area (Å²) >= 11 is 1.63. The largest absolute Gasteiger partial charge is 0.308 e. The van der Waals surface area contributed by atoms with Gasteiger partial charge in [0.1, 0.15) is 5.82 Å². The van der Waals surface area contributed by atoms with E-state index in [2.05, 4.69) is 20.3 Å². The molecule has 0 aromatic carbocycles. The molecule has 3 heterocycles. The first kappa shape index (κ1) is 12.7. The third-order valence-corrected chi connectivity index (χ3v) is 4.37. The van der Waals surface area contributed by atoms with Gasteiger partial charge in [0.05, 0.1) is 15.9 Å². The second-order valence-electron chi connectivity index (χ2n) is 5.27. The molecule has 1 aliphatic rings. The summed E-state index contributed by atoms with van der Waals surface area (Å²) in [5.74, 6) is 0.581. The number of aromatic nitrogens is 3. The van der Waals surface area contributed by atoms with Gasteiger partial charge in [0.2, 0.25) is 0 Å². The minimum atomic E-state index is -0.126. The van der Waals surface area contributed by atoms with Crippen LogP contribution in [0.3, 0.4) is 0 Å². The molecule has 3 aromatic rings. The van der Waals surface area contributed by atoms with Crippen molar-refractivity contribution in [3.8, 4) is 11.4 Å². The van der Waals surface area contributed by atoms with Crippen LogP contribution in [0.5, 0.6) is 0 Å². The van der Waals surface area contributed by atoms with Gasteiger partial charge in [-0.2, -0.15) is 0 Å². The summed E-state index contributed by atoms with van der Waals surface area (Å²) in [5.41, 5.74) is 2.46. The van der Waals surface area contributed by atoms with Gasteiger partial charge in [-0.3, -0.25) is 9.78 Å². The van der Waals surface area contributed by atoms with Crippen molar-refractivity contribution in [1.82, 2.24) is 20.3 Å². The van der Waals surface area contributed by atoms with Crippen molar-refractivity contribution in [3.05, 3.63) is 45.8 Å². The van der Waals surface area contributed by atoms with Gasteiger partial charge in [-0.15, -0.1) is 11.3 Å². The van der Waals surface area contributed by atoms with Crippen LogP contribution in [0, 0.1) is 0 Å². The van der Waals surface area contributed by atoms with E-state index in [-0.39, 0.29) is 5.56 Å². The zero-order chi connectivity index (χ0) is 14.2. The standard InChI is InChI=1S/C15H14N4OS/c20-14-6-11(8-16-10-1-2-10)18-15(19-14)9-5-13-12(17-7-9)3-4-21-13/h3-7,10,16H,1-2,8H2,(H,18,19,20). The third-order valence-electron chi connectivity index (χ3n) is 3.52. The number of rotatable bonds is 4. The van der Waals surface area contributed by atoms with Crippen LogP contribution < -0.4 is 10.9 Å². The van der Waals surface area contributed by atoms with E-state index in [4.69, 9.17) is 0 Å². The molecule has 3 aromatic heterocycles. The van der Waals surface area contributed by atoms with Crippen molar-refractivity contribution < 1.29 is 0 Å². The Kier molecular flexibility index (Phi) is 3.05. The highest BCUT2D eigenvalue weighted by Crippen LogP contribution is 2.23. The average Bonchev–Trinajstić information content (AvgIpc) is 3.20. The molecule has 106 valence electrons. The summed E-state index contributed by atoms with van der Waals surface area (Å²) in [7, 11) is 0. The van der Waals surface area contributed by atoms with Gasteiger partial charge in [-0.25, -0.2) is 4.98 Å². The second-order valence-corrected chi connectivity index (χ2v) is 6.22. The zero-order valence-electron chi connectivity index (χ0n) is 11.3. The number of aromatic amines is 1. The lowest BCUT2D eigenvalue weighted by molar-refractivity contribution is 0.672.